The normalized spacial score (nSPS) is 12.3. The van der Waals surface area contributed by atoms with Crippen LogP contribution >= 0.6 is 0 Å². The molecule has 0 heterocycles. The first-order valence-electron chi connectivity index (χ1n) is 7.69. The van der Waals surface area contributed by atoms with Gasteiger partial charge in [-0.1, -0.05) is 39.0 Å². The molecule has 1 unspecified atom stereocenters. The minimum Gasteiger partial charge on any atom is -0.420 e. The summed E-state index contributed by atoms with van der Waals surface area (Å²) in [5.41, 5.74) is 0. The van der Waals surface area contributed by atoms with Gasteiger partial charge in [-0.25, -0.2) is 13.2 Å². The SMILES string of the molecule is CCCCCCCC(O)CC(=O)Oc1c(F)c(F)c(F)c(F)c1F. The zero-order valence-corrected chi connectivity index (χ0v) is 13.2. The summed E-state index contributed by atoms with van der Waals surface area (Å²) in [6.07, 6.45) is 3.16. The van der Waals surface area contributed by atoms with E-state index < -0.39 is 53.3 Å². The molecule has 0 aromatic heterocycles. The molecule has 0 aliphatic heterocycles. The highest BCUT2D eigenvalue weighted by molar-refractivity contribution is 5.73. The molecule has 0 radical (unpaired) electrons. The van der Waals surface area contributed by atoms with Crippen molar-refractivity contribution in [3.05, 3.63) is 29.1 Å². The van der Waals surface area contributed by atoms with Crippen molar-refractivity contribution in [3.63, 3.8) is 0 Å². The smallest absolute Gasteiger partial charge is 0.314 e. The van der Waals surface area contributed by atoms with Crippen molar-refractivity contribution in [2.75, 3.05) is 0 Å². The van der Waals surface area contributed by atoms with E-state index in [0.717, 1.165) is 25.7 Å². The van der Waals surface area contributed by atoms with Crippen LogP contribution in [0.5, 0.6) is 5.75 Å². The molecule has 136 valence electrons. The maximum absolute atomic E-state index is 13.4. The van der Waals surface area contributed by atoms with Crippen molar-refractivity contribution in [2.45, 2.75) is 58.0 Å². The number of rotatable bonds is 9. The molecular weight excluding hydrogens is 335 g/mol. The maximum atomic E-state index is 13.4. The fraction of sp³-hybridized carbons (Fsp3) is 0.562. The zero-order chi connectivity index (χ0) is 18.3. The summed E-state index contributed by atoms with van der Waals surface area (Å²) in [5.74, 6) is -14.1. The zero-order valence-electron chi connectivity index (χ0n) is 13.2. The molecule has 1 atom stereocenters. The highest BCUT2D eigenvalue weighted by atomic mass is 19.2. The third kappa shape index (κ3) is 5.43. The number of halogens is 5. The summed E-state index contributed by atoms with van der Waals surface area (Å²) in [6.45, 7) is 2.05. The van der Waals surface area contributed by atoms with Gasteiger partial charge in [-0.3, -0.25) is 4.79 Å². The van der Waals surface area contributed by atoms with Crippen LogP contribution in [0.15, 0.2) is 0 Å². The number of esters is 1. The number of hydrogen-bond acceptors (Lipinski definition) is 3. The highest BCUT2D eigenvalue weighted by Gasteiger charge is 2.28. The molecule has 8 heteroatoms. The van der Waals surface area contributed by atoms with Crippen LogP contribution in [0.4, 0.5) is 22.0 Å². The summed E-state index contributed by atoms with van der Waals surface area (Å²) in [6, 6.07) is 0. The van der Waals surface area contributed by atoms with Crippen LogP contribution in [0, 0.1) is 29.1 Å². The van der Waals surface area contributed by atoms with Gasteiger partial charge in [-0.15, -0.1) is 0 Å². The van der Waals surface area contributed by atoms with Crippen LogP contribution in [-0.2, 0) is 4.79 Å². The van der Waals surface area contributed by atoms with Crippen LogP contribution in [0.3, 0.4) is 0 Å². The van der Waals surface area contributed by atoms with Crippen LogP contribution < -0.4 is 4.74 Å². The molecule has 0 aliphatic rings. The Hall–Kier alpha value is -1.70. The summed E-state index contributed by atoms with van der Waals surface area (Å²) in [7, 11) is 0. The van der Waals surface area contributed by atoms with Gasteiger partial charge in [0.15, 0.2) is 0 Å². The minimum atomic E-state index is -2.34. The van der Waals surface area contributed by atoms with Gasteiger partial charge in [-0.2, -0.15) is 8.78 Å². The van der Waals surface area contributed by atoms with Gasteiger partial charge < -0.3 is 9.84 Å². The van der Waals surface area contributed by atoms with Crippen LogP contribution in [0.2, 0.25) is 0 Å². The topological polar surface area (TPSA) is 46.5 Å². The number of hydrogen-bond donors (Lipinski definition) is 1. The van der Waals surface area contributed by atoms with Gasteiger partial charge >= 0.3 is 5.97 Å². The van der Waals surface area contributed by atoms with Crippen molar-refractivity contribution in [1.82, 2.24) is 0 Å². The largest absolute Gasteiger partial charge is 0.420 e. The van der Waals surface area contributed by atoms with Gasteiger partial charge in [0, 0.05) is 0 Å². The molecule has 0 amide bonds. The monoisotopic (exact) mass is 354 g/mol. The van der Waals surface area contributed by atoms with Gasteiger partial charge in [0.05, 0.1) is 12.5 Å². The Morgan fingerprint density at radius 2 is 1.42 bits per heavy atom. The Morgan fingerprint density at radius 3 is 1.96 bits per heavy atom. The van der Waals surface area contributed by atoms with E-state index in [-0.39, 0.29) is 6.42 Å². The quantitative estimate of drug-likeness (QED) is 0.179. The first-order valence-corrected chi connectivity index (χ1v) is 7.69. The molecule has 3 nitrogen and oxygen atoms in total. The Morgan fingerprint density at radius 1 is 0.917 bits per heavy atom. The summed E-state index contributed by atoms with van der Waals surface area (Å²) >= 11 is 0. The molecule has 0 spiro atoms. The van der Waals surface area contributed by atoms with Crippen molar-refractivity contribution in [2.24, 2.45) is 0 Å². The molecule has 0 aliphatic carbocycles. The standard InChI is InChI=1S/C16H19F5O3/c1-2-3-4-5-6-7-9(22)8-10(23)24-16-14(20)12(18)11(17)13(19)15(16)21/h9,22H,2-8H2,1H3. The molecule has 0 fully saturated rings. The Bertz CT molecular complexity index is 548. The first-order chi connectivity index (χ1) is 11.3. The van der Waals surface area contributed by atoms with E-state index in [0.29, 0.717) is 6.42 Å². The van der Waals surface area contributed by atoms with E-state index in [1.165, 1.54) is 0 Å². The number of aliphatic hydroxyl groups excluding tert-OH is 1. The molecule has 0 saturated carbocycles. The molecule has 1 aromatic carbocycles. The number of aliphatic hydroxyl groups is 1. The van der Waals surface area contributed by atoms with Crippen molar-refractivity contribution < 1.29 is 36.6 Å². The predicted molar refractivity (Wildman–Crippen MR) is 75.9 cm³/mol. The fourth-order valence-electron chi connectivity index (χ4n) is 2.11. The third-order valence-corrected chi connectivity index (χ3v) is 3.43. The van der Waals surface area contributed by atoms with Crippen LogP contribution in [-0.4, -0.2) is 17.2 Å². The minimum absolute atomic E-state index is 0.274. The number of benzene rings is 1. The molecule has 0 saturated heterocycles. The predicted octanol–water partition coefficient (Wildman–Crippen LogP) is 4.40. The second kappa shape index (κ2) is 9.56. The van der Waals surface area contributed by atoms with Gasteiger partial charge in [0.25, 0.3) is 0 Å². The van der Waals surface area contributed by atoms with E-state index in [1.54, 1.807) is 0 Å². The lowest BCUT2D eigenvalue weighted by Crippen LogP contribution is -2.19. The number of unbranched alkanes of at least 4 members (excludes halogenated alkanes) is 4. The molecule has 0 bridgehead atoms. The van der Waals surface area contributed by atoms with Gasteiger partial charge in [-0.05, 0) is 6.42 Å². The summed E-state index contributed by atoms with van der Waals surface area (Å²) < 4.78 is 69.8. The second-order valence-electron chi connectivity index (χ2n) is 5.43. The Labute approximate surface area is 136 Å². The number of carbonyl (C=O) groups is 1. The molecule has 24 heavy (non-hydrogen) atoms. The lowest BCUT2D eigenvalue weighted by Gasteiger charge is -2.12. The lowest BCUT2D eigenvalue weighted by molar-refractivity contribution is -0.137. The van der Waals surface area contributed by atoms with E-state index in [1.807, 2.05) is 6.92 Å². The Kier molecular flexibility index (Phi) is 8.10. The van der Waals surface area contributed by atoms with E-state index in [2.05, 4.69) is 4.74 Å². The Balaban J connectivity index is 2.60. The van der Waals surface area contributed by atoms with E-state index in [4.69, 9.17) is 0 Å². The summed E-state index contributed by atoms with van der Waals surface area (Å²) in [5, 5.41) is 9.65. The average Bonchev–Trinajstić information content (AvgIpc) is 2.55. The van der Waals surface area contributed by atoms with E-state index >= 15 is 0 Å². The first kappa shape index (κ1) is 20.3. The third-order valence-electron chi connectivity index (χ3n) is 3.43. The van der Waals surface area contributed by atoms with Crippen molar-refractivity contribution >= 4 is 5.97 Å². The van der Waals surface area contributed by atoms with Crippen molar-refractivity contribution in [3.8, 4) is 5.75 Å². The molecule has 1 aromatic rings. The molecule has 1 rings (SSSR count). The maximum Gasteiger partial charge on any atom is 0.314 e. The number of carbonyl (C=O) groups excluding carboxylic acids is 1. The lowest BCUT2D eigenvalue weighted by atomic mass is 10.1. The fourth-order valence-corrected chi connectivity index (χ4v) is 2.11. The average molecular weight is 354 g/mol. The van der Waals surface area contributed by atoms with E-state index in [9.17, 15) is 31.9 Å². The van der Waals surface area contributed by atoms with Crippen LogP contribution in [0.25, 0.3) is 0 Å². The van der Waals surface area contributed by atoms with Gasteiger partial charge in [0.2, 0.25) is 34.8 Å². The number of ether oxygens (including phenoxy) is 1. The highest BCUT2D eigenvalue weighted by Crippen LogP contribution is 2.29. The van der Waals surface area contributed by atoms with Crippen LogP contribution in [0.1, 0.15) is 51.9 Å². The van der Waals surface area contributed by atoms with Crippen molar-refractivity contribution in [1.29, 1.82) is 0 Å². The summed E-state index contributed by atoms with van der Waals surface area (Å²) in [4.78, 5) is 11.5. The van der Waals surface area contributed by atoms with Gasteiger partial charge in [0.1, 0.15) is 0 Å². The molecular formula is C16H19F5O3. The molecule has 1 N–H and O–H groups in total. The second-order valence-corrected chi connectivity index (χ2v) is 5.43.